The minimum atomic E-state index is 0.899. The topological polar surface area (TPSA) is 8.17 Å². The predicted octanol–water partition coefficient (Wildman–Crippen LogP) is 1.78. The summed E-state index contributed by atoms with van der Waals surface area (Å²) in [6.45, 7) is 2.07. The second-order valence-electron chi connectivity index (χ2n) is 3.07. The van der Waals surface area contributed by atoms with Crippen LogP contribution in [0.2, 0.25) is 0 Å². The zero-order valence-electron chi connectivity index (χ0n) is 7.53. The summed E-state index contributed by atoms with van der Waals surface area (Å²) in [6, 6.07) is 3.90. The molecule has 2 nitrogen and oxygen atoms in total. The van der Waals surface area contributed by atoms with E-state index in [1.54, 1.807) is 0 Å². The van der Waals surface area contributed by atoms with Crippen LogP contribution in [-0.2, 0) is 6.54 Å². The molecule has 0 aromatic carbocycles. The molecule has 0 radical (unpaired) electrons. The molecule has 0 atom stereocenters. The van der Waals surface area contributed by atoms with Gasteiger partial charge in [0.05, 0.1) is 0 Å². The van der Waals surface area contributed by atoms with E-state index in [2.05, 4.69) is 23.6 Å². The summed E-state index contributed by atoms with van der Waals surface area (Å²) >= 11 is 4.98. The Kier molecular flexibility index (Phi) is 3.44. The highest BCUT2D eigenvalue weighted by molar-refractivity contribution is 7.71. The van der Waals surface area contributed by atoms with Crippen LogP contribution in [-0.4, -0.2) is 30.1 Å². The molecule has 3 heteroatoms. The van der Waals surface area contributed by atoms with Gasteiger partial charge in [-0.1, -0.05) is 12.2 Å². The molecule has 0 unspecified atom stereocenters. The molecule has 0 spiro atoms. The Bertz CT molecular complexity index is 270. The van der Waals surface area contributed by atoms with Gasteiger partial charge in [-0.3, -0.25) is 0 Å². The Labute approximate surface area is 78.4 Å². The average molecular weight is 182 g/mol. The molecule has 1 rings (SSSR count). The van der Waals surface area contributed by atoms with E-state index in [1.807, 2.05) is 24.5 Å². The minimum absolute atomic E-state index is 0.899. The third-order valence-corrected chi connectivity index (χ3v) is 1.94. The Balaban J connectivity index is 2.53. The van der Waals surface area contributed by atoms with Crippen LogP contribution in [0.15, 0.2) is 24.5 Å². The Morgan fingerprint density at radius 2 is 1.92 bits per heavy atom. The van der Waals surface area contributed by atoms with Gasteiger partial charge in [-0.05, 0) is 26.2 Å². The van der Waals surface area contributed by atoms with Crippen LogP contribution in [0, 0.1) is 4.51 Å². The van der Waals surface area contributed by atoms with E-state index in [9.17, 15) is 0 Å². The Hall–Kier alpha value is -0.670. The SMILES string of the molecule is CN(C)CCn1ccc(=S)cc1. The first kappa shape index (κ1) is 9.42. The highest BCUT2D eigenvalue weighted by Crippen LogP contribution is 1.92. The van der Waals surface area contributed by atoms with Gasteiger partial charge in [0.15, 0.2) is 0 Å². The fourth-order valence-electron chi connectivity index (χ4n) is 0.908. The summed E-state index contributed by atoms with van der Waals surface area (Å²) < 4.78 is 3.03. The Morgan fingerprint density at radius 3 is 2.42 bits per heavy atom. The lowest BCUT2D eigenvalue weighted by Crippen LogP contribution is -2.18. The first-order chi connectivity index (χ1) is 5.68. The van der Waals surface area contributed by atoms with Crippen molar-refractivity contribution >= 4 is 12.2 Å². The number of nitrogens with zero attached hydrogens (tertiary/aromatic N) is 2. The normalized spacial score (nSPS) is 10.6. The molecule has 0 N–H and O–H groups in total. The molecule has 0 saturated carbocycles. The van der Waals surface area contributed by atoms with Crippen molar-refractivity contribution in [3.05, 3.63) is 29.0 Å². The highest BCUT2D eigenvalue weighted by Gasteiger charge is 1.89. The maximum absolute atomic E-state index is 4.98. The van der Waals surface area contributed by atoms with Crippen molar-refractivity contribution in [2.45, 2.75) is 6.54 Å². The first-order valence-corrected chi connectivity index (χ1v) is 4.40. The fourth-order valence-corrected chi connectivity index (χ4v) is 1.03. The minimum Gasteiger partial charge on any atom is -0.353 e. The van der Waals surface area contributed by atoms with Gasteiger partial charge >= 0.3 is 0 Å². The molecule has 12 heavy (non-hydrogen) atoms. The Morgan fingerprint density at radius 1 is 1.33 bits per heavy atom. The van der Waals surface area contributed by atoms with Gasteiger partial charge in [0.1, 0.15) is 0 Å². The monoisotopic (exact) mass is 182 g/mol. The molecule has 0 saturated heterocycles. The smallest absolute Gasteiger partial charge is 0.0406 e. The maximum atomic E-state index is 4.98. The van der Waals surface area contributed by atoms with Crippen molar-refractivity contribution in [2.75, 3.05) is 20.6 Å². The van der Waals surface area contributed by atoms with Gasteiger partial charge < -0.3 is 9.47 Å². The van der Waals surface area contributed by atoms with E-state index in [0.717, 1.165) is 17.6 Å². The standard InChI is InChI=1S/C9H14N2S/c1-10(2)7-8-11-5-3-9(12)4-6-11/h3-6H,7-8H2,1-2H3. The fraction of sp³-hybridized carbons (Fsp3) is 0.444. The molecule has 0 aliphatic rings. The van der Waals surface area contributed by atoms with E-state index in [-0.39, 0.29) is 0 Å². The van der Waals surface area contributed by atoms with Gasteiger partial charge in [-0.25, -0.2) is 0 Å². The molecular formula is C9H14N2S. The second-order valence-corrected chi connectivity index (χ2v) is 3.55. The summed E-state index contributed by atoms with van der Waals surface area (Å²) in [5.74, 6) is 0. The molecule has 1 heterocycles. The molecule has 1 aromatic heterocycles. The lowest BCUT2D eigenvalue weighted by Gasteiger charge is -2.10. The van der Waals surface area contributed by atoms with Crippen LogP contribution in [0.5, 0.6) is 0 Å². The van der Waals surface area contributed by atoms with E-state index in [0.29, 0.717) is 0 Å². The van der Waals surface area contributed by atoms with Gasteiger partial charge in [-0.2, -0.15) is 0 Å². The van der Waals surface area contributed by atoms with E-state index in [4.69, 9.17) is 12.2 Å². The summed E-state index contributed by atoms with van der Waals surface area (Å²) in [4.78, 5) is 2.16. The molecule has 1 aromatic rings. The second kappa shape index (κ2) is 4.38. The number of hydrogen-bond donors (Lipinski definition) is 0. The largest absolute Gasteiger partial charge is 0.353 e. The van der Waals surface area contributed by atoms with Crippen LogP contribution in [0.1, 0.15) is 0 Å². The highest BCUT2D eigenvalue weighted by atomic mass is 32.1. The zero-order chi connectivity index (χ0) is 8.97. The van der Waals surface area contributed by atoms with Crippen LogP contribution in [0.4, 0.5) is 0 Å². The van der Waals surface area contributed by atoms with E-state index in [1.165, 1.54) is 0 Å². The van der Waals surface area contributed by atoms with Crippen molar-refractivity contribution in [3.63, 3.8) is 0 Å². The van der Waals surface area contributed by atoms with Crippen molar-refractivity contribution in [1.82, 2.24) is 9.47 Å². The number of hydrogen-bond acceptors (Lipinski definition) is 2. The lowest BCUT2D eigenvalue weighted by molar-refractivity contribution is 0.383. The van der Waals surface area contributed by atoms with Crippen molar-refractivity contribution in [2.24, 2.45) is 0 Å². The van der Waals surface area contributed by atoms with Gasteiger partial charge in [0, 0.05) is 30.0 Å². The van der Waals surface area contributed by atoms with Crippen LogP contribution < -0.4 is 0 Å². The van der Waals surface area contributed by atoms with Crippen LogP contribution in [0.3, 0.4) is 0 Å². The number of rotatable bonds is 3. The predicted molar refractivity (Wildman–Crippen MR) is 53.8 cm³/mol. The van der Waals surface area contributed by atoms with Crippen molar-refractivity contribution in [1.29, 1.82) is 0 Å². The zero-order valence-corrected chi connectivity index (χ0v) is 8.34. The summed E-state index contributed by atoms with van der Waals surface area (Å²) in [7, 11) is 4.14. The van der Waals surface area contributed by atoms with Crippen molar-refractivity contribution < 1.29 is 0 Å². The molecule has 0 bridgehead atoms. The third kappa shape index (κ3) is 3.15. The van der Waals surface area contributed by atoms with Gasteiger partial charge in [0.25, 0.3) is 0 Å². The number of pyridine rings is 1. The van der Waals surface area contributed by atoms with Gasteiger partial charge in [0.2, 0.25) is 0 Å². The molecule has 0 aliphatic heterocycles. The van der Waals surface area contributed by atoms with Crippen LogP contribution >= 0.6 is 12.2 Å². The first-order valence-electron chi connectivity index (χ1n) is 3.99. The number of aromatic nitrogens is 1. The van der Waals surface area contributed by atoms with E-state index < -0.39 is 0 Å². The van der Waals surface area contributed by atoms with Crippen molar-refractivity contribution in [3.8, 4) is 0 Å². The lowest BCUT2D eigenvalue weighted by atomic mass is 10.4. The molecule has 0 fully saturated rings. The molecule has 0 aliphatic carbocycles. The van der Waals surface area contributed by atoms with E-state index >= 15 is 0 Å². The molecule has 66 valence electrons. The van der Waals surface area contributed by atoms with Crippen LogP contribution in [0.25, 0.3) is 0 Å². The summed E-state index contributed by atoms with van der Waals surface area (Å²) in [5, 5.41) is 0. The third-order valence-electron chi connectivity index (χ3n) is 1.67. The maximum Gasteiger partial charge on any atom is 0.0406 e. The average Bonchev–Trinajstić information content (AvgIpc) is 2.03. The molecular weight excluding hydrogens is 168 g/mol. The molecule has 0 amide bonds. The summed E-state index contributed by atoms with van der Waals surface area (Å²) in [5.41, 5.74) is 0. The number of likely N-dealkylation sites (N-methyl/N-ethyl adjacent to an activating group) is 1. The quantitative estimate of drug-likeness (QED) is 0.658. The van der Waals surface area contributed by atoms with Gasteiger partial charge in [-0.15, -0.1) is 0 Å². The summed E-state index contributed by atoms with van der Waals surface area (Å²) in [6.07, 6.45) is 4.04.